The summed E-state index contributed by atoms with van der Waals surface area (Å²) in [4.78, 5) is 0. The molecule has 0 heterocycles. The van der Waals surface area contributed by atoms with E-state index in [0.717, 1.165) is 0 Å². The molecule has 0 radical (unpaired) electrons. The van der Waals surface area contributed by atoms with Gasteiger partial charge < -0.3 is 0 Å². The number of hydrogen-bond acceptors (Lipinski definition) is 0. The van der Waals surface area contributed by atoms with E-state index in [4.69, 9.17) is 0 Å². The zero-order chi connectivity index (χ0) is 29.7. The Morgan fingerprint density at radius 2 is 0.545 bits per heavy atom. The van der Waals surface area contributed by atoms with Crippen molar-refractivity contribution in [2.45, 2.75) is 5.41 Å². The minimum absolute atomic E-state index is 0.578. The summed E-state index contributed by atoms with van der Waals surface area (Å²) < 4.78 is 0. The van der Waals surface area contributed by atoms with E-state index in [1.165, 1.54) is 44.1 Å². The smallest absolute Gasteiger partial charge is 0.108 e. The molecule has 7 aromatic carbocycles. The molecule has 0 fully saturated rings. The van der Waals surface area contributed by atoms with Crippen molar-refractivity contribution in [2.24, 2.45) is 0 Å². The van der Waals surface area contributed by atoms with E-state index < -0.39 is 11.6 Å². The molecule has 0 atom stereocenters. The van der Waals surface area contributed by atoms with Gasteiger partial charge in [-0.1, -0.05) is 212 Å². The topological polar surface area (TPSA) is 0 Å². The van der Waals surface area contributed by atoms with E-state index in [-0.39, 0.29) is 0 Å². The third kappa shape index (κ3) is 4.50. The standard InChI is InChI=1S/C43H34B/c1-7-21-35(22-8-1)43(36-23-9-2-10-24-36,37-25-11-3-12-26-37)41-33-19-20-34-42(41)44(38-27-13-4-14-28-38,39-29-15-5-16-30-39)40-31-17-6-18-32-40/h1-34H/q-1. The summed E-state index contributed by atoms with van der Waals surface area (Å²) in [5.74, 6) is 0. The summed E-state index contributed by atoms with van der Waals surface area (Å²) in [6.45, 7) is 0. The van der Waals surface area contributed by atoms with Gasteiger partial charge in [0.2, 0.25) is 0 Å². The van der Waals surface area contributed by atoms with Crippen molar-refractivity contribution in [3.63, 3.8) is 0 Å². The summed E-state index contributed by atoms with van der Waals surface area (Å²) in [6, 6.07) is 75.6. The molecule has 0 unspecified atom stereocenters. The fourth-order valence-electron chi connectivity index (χ4n) is 7.59. The minimum atomic E-state index is -1.61. The second-order valence-electron chi connectivity index (χ2n) is 11.5. The number of hydrogen-bond donors (Lipinski definition) is 0. The lowest BCUT2D eigenvalue weighted by molar-refractivity contribution is 0.750. The summed E-state index contributed by atoms with van der Waals surface area (Å²) in [6.07, 6.45) is -1.61. The molecule has 0 aliphatic heterocycles. The highest BCUT2D eigenvalue weighted by Gasteiger charge is 2.42. The lowest BCUT2D eigenvalue weighted by Gasteiger charge is -2.49. The first kappa shape index (κ1) is 27.4. The molecule has 0 aromatic heterocycles. The van der Waals surface area contributed by atoms with E-state index in [0.29, 0.717) is 0 Å². The summed E-state index contributed by atoms with van der Waals surface area (Å²) >= 11 is 0. The molecule has 0 bridgehead atoms. The van der Waals surface area contributed by atoms with Crippen molar-refractivity contribution in [3.8, 4) is 0 Å². The first-order chi connectivity index (χ1) is 21.9. The van der Waals surface area contributed by atoms with Gasteiger partial charge >= 0.3 is 0 Å². The van der Waals surface area contributed by atoms with Crippen LogP contribution in [-0.4, -0.2) is 6.15 Å². The second-order valence-corrected chi connectivity index (χ2v) is 11.5. The molecule has 0 spiro atoms. The van der Waals surface area contributed by atoms with Gasteiger partial charge in [-0.25, -0.2) is 0 Å². The molecular formula is C43H34B-. The molecule has 7 aromatic rings. The highest BCUT2D eigenvalue weighted by Crippen LogP contribution is 2.44. The second kappa shape index (κ2) is 12.1. The van der Waals surface area contributed by atoms with Crippen LogP contribution in [0.4, 0.5) is 0 Å². The molecule has 0 amide bonds. The van der Waals surface area contributed by atoms with Crippen molar-refractivity contribution >= 4 is 28.0 Å². The Labute approximate surface area is 261 Å². The third-order valence-corrected chi connectivity index (χ3v) is 9.35. The monoisotopic (exact) mass is 561 g/mol. The molecular weight excluding hydrogens is 527 g/mol. The van der Waals surface area contributed by atoms with Gasteiger partial charge in [-0.2, -0.15) is 21.9 Å². The van der Waals surface area contributed by atoms with E-state index in [2.05, 4.69) is 206 Å². The van der Waals surface area contributed by atoms with Crippen molar-refractivity contribution < 1.29 is 0 Å². The van der Waals surface area contributed by atoms with Gasteiger partial charge in [0.05, 0.1) is 5.41 Å². The van der Waals surface area contributed by atoms with Gasteiger partial charge in [-0.05, 0) is 16.7 Å². The van der Waals surface area contributed by atoms with Crippen LogP contribution in [0, 0.1) is 0 Å². The van der Waals surface area contributed by atoms with Gasteiger partial charge in [0.1, 0.15) is 6.15 Å². The predicted molar refractivity (Wildman–Crippen MR) is 188 cm³/mol. The molecule has 0 saturated carbocycles. The van der Waals surface area contributed by atoms with Gasteiger partial charge in [0.15, 0.2) is 0 Å². The van der Waals surface area contributed by atoms with Gasteiger partial charge in [-0.3, -0.25) is 0 Å². The molecule has 0 N–H and O–H groups in total. The van der Waals surface area contributed by atoms with Gasteiger partial charge in [-0.15, -0.1) is 0 Å². The Morgan fingerprint density at radius 1 is 0.273 bits per heavy atom. The molecule has 1 heteroatoms. The highest BCUT2D eigenvalue weighted by molar-refractivity contribution is 7.20. The van der Waals surface area contributed by atoms with E-state index in [1.807, 2.05) is 0 Å². The van der Waals surface area contributed by atoms with Crippen LogP contribution in [0.3, 0.4) is 0 Å². The number of benzene rings is 7. The summed E-state index contributed by atoms with van der Waals surface area (Å²) in [5, 5.41) is 0. The molecule has 7 rings (SSSR count). The van der Waals surface area contributed by atoms with Crippen molar-refractivity contribution in [2.75, 3.05) is 0 Å². The predicted octanol–water partition coefficient (Wildman–Crippen LogP) is 7.45. The maximum absolute atomic E-state index is 2.38. The average Bonchev–Trinajstić information content (AvgIpc) is 3.12. The van der Waals surface area contributed by atoms with Crippen LogP contribution in [0.5, 0.6) is 0 Å². The SMILES string of the molecule is c1ccc([B-](c2ccccc2)(c2ccccc2)c2ccccc2C(c2ccccc2)(c2ccccc2)c2ccccc2)cc1. The first-order valence-electron chi connectivity index (χ1n) is 15.4. The van der Waals surface area contributed by atoms with Crippen LogP contribution in [-0.2, 0) is 5.41 Å². The molecule has 44 heavy (non-hydrogen) atoms. The Kier molecular flexibility index (Phi) is 7.53. The Hall–Kier alpha value is -5.40. The normalized spacial score (nSPS) is 11.6. The van der Waals surface area contributed by atoms with Crippen LogP contribution in [0.25, 0.3) is 0 Å². The van der Waals surface area contributed by atoms with Crippen LogP contribution in [0.2, 0.25) is 0 Å². The Balaban J connectivity index is 1.71. The summed E-state index contributed by atoms with van der Waals surface area (Å²) in [5.41, 5.74) is 9.61. The molecule has 0 nitrogen and oxygen atoms in total. The van der Waals surface area contributed by atoms with Crippen LogP contribution in [0.1, 0.15) is 22.3 Å². The van der Waals surface area contributed by atoms with Gasteiger partial charge in [0, 0.05) is 0 Å². The summed E-state index contributed by atoms with van der Waals surface area (Å²) in [7, 11) is 0. The van der Waals surface area contributed by atoms with Crippen LogP contribution >= 0.6 is 0 Å². The lowest BCUT2D eigenvalue weighted by Crippen LogP contribution is -2.76. The minimum Gasteiger partial charge on any atom is -0.195 e. The van der Waals surface area contributed by atoms with Crippen LogP contribution in [0.15, 0.2) is 206 Å². The van der Waals surface area contributed by atoms with Crippen molar-refractivity contribution in [1.82, 2.24) is 0 Å². The van der Waals surface area contributed by atoms with Crippen molar-refractivity contribution in [1.29, 1.82) is 0 Å². The maximum Gasteiger partial charge on any atom is 0.108 e. The molecule has 210 valence electrons. The highest BCUT2D eigenvalue weighted by atomic mass is 14.4. The number of rotatable bonds is 8. The van der Waals surface area contributed by atoms with Crippen molar-refractivity contribution in [3.05, 3.63) is 229 Å². The molecule has 0 aliphatic carbocycles. The maximum atomic E-state index is 2.38. The first-order valence-corrected chi connectivity index (χ1v) is 15.4. The molecule has 0 aliphatic rings. The van der Waals surface area contributed by atoms with E-state index in [9.17, 15) is 0 Å². The zero-order valence-corrected chi connectivity index (χ0v) is 24.7. The average molecular weight is 562 g/mol. The van der Waals surface area contributed by atoms with Gasteiger partial charge in [0.25, 0.3) is 0 Å². The van der Waals surface area contributed by atoms with E-state index in [1.54, 1.807) is 0 Å². The largest absolute Gasteiger partial charge is 0.195 e. The van der Waals surface area contributed by atoms with Crippen LogP contribution < -0.4 is 21.9 Å². The van der Waals surface area contributed by atoms with E-state index >= 15 is 0 Å². The fraction of sp³-hybridized carbons (Fsp3) is 0.0233. The lowest BCUT2D eigenvalue weighted by atomic mass is 9.12. The molecule has 0 saturated heterocycles. The Bertz CT molecular complexity index is 1580. The fourth-order valence-corrected chi connectivity index (χ4v) is 7.59. The quantitative estimate of drug-likeness (QED) is 0.134. The Morgan fingerprint density at radius 3 is 0.886 bits per heavy atom. The third-order valence-electron chi connectivity index (χ3n) is 9.35. The zero-order valence-electron chi connectivity index (χ0n) is 24.7.